The Morgan fingerprint density at radius 3 is 2.65 bits per heavy atom. The number of hydrogen-bond donors (Lipinski definition) is 2. The molecule has 0 fully saturated rings. The van der Waals surface area contributed by atoms with Crippen molar-refractivity contribution in [3.05, 3.63) is 53.6 Å². The number of benzene rings is 2. The van der Waals surface area contributed by atoms with E-state index in [9.17, 15) is 21.6 Å². The Kier molecular flexibility index (Phi) is 5.81. The van der Waals surface area contributed by atoms with Gasteiger partial charge in [0.05, 0.1) is 16.3 Å². The van der Waals surface area contributed by atoms with Crippen LogP contribution >= 0.6 is 11.8 Å². The molecular formula is C19H20N4O5S3. The van der Waals surface area contributed by atoms with E-state index in [1.165, 1.54) is 23.9 Å². The summed E-state index contributed by atoms with van der Waals surface area (Å²) in [5, 5.41) is 3.08. The van der Waals surface area contributed by atoms with Crippen LogP contribution in [0, 0.1) is 6.92 Å². The molecule has 0 unspecified atom stereocenters. The zero-order valence-corrected chi connectivity index (χ0v) is 19.0. The molecule has 2 aliphatic rings. The molecule has 9 nitrogen and oxygen atoms in total. The fraction of sp³-hybridized carbons (Fsp3) is 0.263. The molecule has 2 aromatic carbocycles. The topological polar surface area (TPSA) is 125 Å². The lowest BCUT2D eigenvalue weighted by Gasteiger charge is -2.22. The van der Waals surface area contributed by atoms with Crippen molar-refractivity contribution in [3.8, 4) is 0 Å². The average Bonchev–Trinajstić information content (AvgIpc) is 3.06. The van der Waals surface area contributed by atoms with E-state index in [0.717, 1.165) is 16.1 Å². The van der Waals surface area contributed by atoms with Crippen molar-refractivity contribution in [1.82, 2.24) is 10.0 Å². The Morgan fingerprint density at radius 2 is 1.90 bits per heavy atom. The molecule has 0 spiro atoms. The number of rotatable bonds is 6. The number of thioether (sulfide) groups is 1. The van der Waals surface area contributed by atoms with E-state index >= 15 is 0 Å². The lowest BCUT2D eigenvalue weighted by Crippen LogP contribution is -2.35. The summed E-state index contributed by atoms with van der Waals surface area (Å²) in [6, 6.07) is 11.6. The number of nitrogens with zero attached hydrogens (tertiary/aromatic N) is 2. The van der Waals surface area contributed by atoms with E-state index in [1.807, 2.05) is 11.8 Å². The minimum absolute atomic E-state index is 0.0444. The van der Waals surface area contributed by atoms with Gasteiger partial charge in [-0.25, -0.2) is 21.6 Å². The maximum Gasteiger partial charge on any atom is 0.257 e. The summed E-state index contributed by atoms with van der Waals surface area (Å²) in [6.45, 7) is 2.36. The van der Waals surface area contributed by atoms with Crippen molar-refractivity contribution >= 4 is 48.6 Å². The molecule has 0 radical (unpaired) electrons. The highest BCUT2D eigenvalue weighted by molar-refractivity contribution is 8.15. The van der Waals surface area contributed by atoms with Gasteiger partial charge in [-0.3, -0.25) is 4.79 Å². The van der Waals surface area contributed by atoms with Gasteiger partial charge in [-0.1, -0.05) is 17.7 Å². The van der Waals surface area contributed by atoms with Gasteiger partial charge in [0.15, 0.2) is 5.17 Å². The van der Waals surface area contributed by atoms with Crippen molar-refractivity contribution in [3.63, 3.8) is 0 Å². The number of nitrogens with one attached hydrogen (secondary N) is 2. The van der Waals surface area contributed by atoms with Gasteiger partial charge in [-0.2, -0.15) is 0 Å². The monoisotopic (exact) mass is 480 g/mol. The maximum atomic E-state index is 12.5. The summed E-state index contributed by atoms with van der Waals surface area (Å²) in [5.41, 5.74) is 2.18. The van der Waals surface area contributed by atoms with Crippen molar-refractivity contribution in [2.45, 2.75) is 16.7 Å². The molecule has 0 atom stereocenters. The van der Waals surface area contributed by atoms with E-state index in [2.05, 4.69) is 14.4 Å². The molecule has 1 amide bonds. The number of carbonyl (C=O) groups excluding carboxylic acids is 1. The smallest absolute Gasteiger partial charge is 0.257 e. The van der Waals surface area contributed by atoms with Crippen molar-refractivity contribution < 1.29 is 21.6 Å². The van der Waals surface area contributed by atoms with Gasteiger partial charge >= 0.3 is 0 Å². The van der Waals surface area contributed by atoms with Gasteiger partial charge in [0.2, 0.25) is 10.0 Å². The molecule has 31 heavy (non-hydrogen) atoms. The maximum absolute atomic E-state index is 12.5. The largest absolute Gasteiger partial charge is 0.351 e. The molecule has 2 aliphatic heterocycles. The van der Waals surface area contributed by atoms with E-state index in [1.54, 1.807) is 30.3 Å². The molecule has 0 saturated carbocycles. The SMILES string of the molecule is Cc1ccc(S(=O)(=O)NCCNC(=O)c2ccc3c(c2)SC2=NS(=O)(=O)CCN23)cc1. The summed E-state index contributed by atoms with van der Waals surface area (Å²) < 4.78 is 54.2. The average molecular weight is 481 g/mol. The number of anilines is 1. The molecular weight excluding hydrogens is 460 g/mol. The highest BCUT2D eigenvalue weighted by Gasteiger charge is 2.33. The predicted molar refractivity (Wildman–Crippen MR) is 120 cm³/mol. The first-order valence-electron chi connectivity index (χ1n) is 9.41. The van der Waals surface area contributed by atoms with E-state index in [0.29, 0.717) is 17.3 Å². The van der Waals surface area contributed by atoms with Crippen LogP contribution in [-0.2, 0) is 20.0 Å². The highest BCUT2D eigenvalue weighted by Crippen LogP contribution is 2.42. The fourth-order valence-electron chi connectivity index (χ4n) is 3.14. The molecule has 2 heterocycles. The van der Waals surface area contributed by atoms with Crippen LogP contribution in [0.1, 0.15) is 15.9 Å². The number of sulfonamides is 2. The quantitative estimate of drug-likeness (QED) is 0.597. The minimum Gasteiger partial charge on any atom is -0.351 e. The Balaban J connectivity index is 1.35. The summed E-state index contributed by atoms with van der Waals surface area (Å²) in [6.07, 6.45) is 0. The predicted octanol–water partition coefficient (Wildman–Crippen LogP) is 1.31. The Morgan fingerprint density at radius 1 is 1.16 bits per heavy atom. The van der Waals surface area contributed by atoms with Crippen LogP contribution in [0.25, 0.3) is 0 Å². The zero-order valence-electron chi connectivity index (χ0n) is 16.5. The third kappa shape index (κ3) is 4.76. The summed E-state index contributed by atoms with van der Waals surface area (Å²) in [4.78, 5) is 15.2. The number of hydrogen-bond acceptors (Lipinski definition) is 7. The van der Waals surface area contributed by atoms with Crippen LogP contribution in [-0.4, -0.2) is 53.3 Å². The first-order chi connectivity index (χ1) is 14.6. The van der Waals surface area contributed by atoms with Gasteiger partial charge in [0.1, 0.15) is 0 Å². The van der Waals surface area contributed by atoms with Gasteiger partial charge in [-0.15, -0.1) is 4.40 Å². The third-order valence-corrected chi connectivity index (χ3v) is 8.55. The second-order valence-electron chi connectivity index (χ2n) is 7.06. The molecule has 0 bridgehead atoms. The Labute approximate surface area is 185 Å². The summed E-state index contributed by atoms with van der Waals surface area (Å²) in [5.74, 6) is -0.394. The highest BCUT2D eigenvalue weighted by atomic mass is 32.2. The summed E-state index contributed by atoms with van der Waals surface area (Å²) >= 11 is 1.21. The second kappa shape index (κ2) is 8.26. The normalized spacial score (nSPS) is 16.9. The molecule has 0 saturated heterocycles. The zero-order chi connectivity index (χ0) is 22.2. The second-order valence-corrected chi connectivity index (χ2v) is 11.6. The van der Waals surface area contributed by atoms with E-state index in [4.69, 9.17) is 0 Å². The van der Waals surface area contributed by atoms with Crippen LogP contribution in [0.2, 0.25) is 0 Å². The van der Waals surface area contributed by atoms with Crippen LogP contribution in [0.4, 0.5) is 5.69 Å². The molecule has 4 rings (SSSR count). The van der Waals surface area contributed by atoms with Gasteiger partial charge in [0, 0.05) is 30.1 Å². The van der Waals surface area contributed by atoms with Crippen molar-refractivity contribution in [2.75, 3.05) is 30.3 Å². The van der Waals surface area contributed by atoms with Crippen LogP contribution in [0.15, 0.2) is 56.7 Å². The Hall–Kier alpha value is -2.41. The van der Waals surface area contributed by atoms with Gasteiger partial charge < -0.3 is 10.2 Å². The van der Waals surface area contributed by atoms with Gasteiger partial charge in [0.25, 0.3) is 15.9 Å². The number of carbonyl (C=O) groups is 1. The molecule has 0 aliphatic carbocycles. The van der Waals surface area contributed by atoms with Crippen LogP contribution in [0.5, 0.6) is 0 Å². The lowest BCUT2D eigenvalue weighted by atomic mass is 10.2. The minimum atomic E-state index is -3.64. The first-order valence-corrected chi connectivity index (χ1v) is 13.3. The molecule has 164 valence electrons. The standard InChI is InChI=1S/C19H20N4O5S3/c1-13-2-5-15(6-3-13)31(27,28)21-9-8-20-18(24)14-4-7-16-17(12-14)29-19-22-30(25,26)11-10-23(16)19/h2-7,12,21H,8-11H2,1H3,(H,20,24). The summed E-state index contributed by atoms with van der Waals surface area (Å²) in [7, 11) is -7.08. The first kappa shape index (κ1) is 21.8. The van der Waals surface area contributed by atoms with E-state index < -0.39 is 20.0 Å². The molecule has 12 heteroatoms. The van der Waals surface area contributed by atoms with E-state index in [-0.39, 0.29) is 29.6 Å². The number of amides is 1. The molecule has 0 aromatic heterocycles. The van der Waals surface area contributed by atoms with Crippen LogP contribution in [0.3, 0.4) is 0 Å². The molecule has 2 N–H and O–H groups in total. The third-order valence-electron chi connectivity index (χ3n) is 4.77. The van der Waals surface area contributed by atoms with Crippen LogP contribution < -0.4 is 14.9 Å². The van der Waals surface area contributed by atoms with Crippen molar-refractivity contribution in [1.29, 1.82) is 0 Å². The molecule has 2 aromatic rings. The lowest BCUT2D eigenvalue weighted by molar-refractivity contribution is 0.0954. The fourth-order valence-corrected chi connectivity index (χ4v) is 6.46. The van der Waals surface area contributed by atoms with Crippen molar-refractivity contribution in [2.24, 2.45) is 4.40 Å². The Bertz CT molecular complexity index is 1270. The van der Waals surface area contributed by atoms with Gasteiger partial charge in [-0.05, 0) is 49.0 Å². The number of fused-ring (bicyclic) bond motifs is 3. The number of aryl methyl sites for hydroxylation is 1. The number of amidine groups is 1.